The lowest BCUT2D eigenvalue weighted by Gasteiger charge is -2.14. The number of methoxy groups -OCH3 is 1. The Kier molecular flexibility index (Phi) is 7.56. The number of carbonyl (C=O) groups is 2. The van der Waals surface area contributed by atoms with Gasteiger partial charge in [0, 0.05) is 17.7 Å². The fourth-order valence-corrected chi connectivity index (χ4v) is 2.88. The minimum Gasteiger partial charge on any atom is -0.497 e. The number of hydrogen-bond acceptors (Lipinski definition) is 6. The minimum absolute atomic E-state index is 0.137. The first kappa shape index (κ1) is 21.4. The molecule has 28 heavy (non-hydrogen) atoms. The van der Waals surface area contributed by atoms with E-state index in [-0.39, 0.29) is 17.7 Å². The van der Waals surface area contributed by atoms with Crippen molar-refractivity contribution in [2.45, 2.75) is 19.0 Å². The molecule has 0 aliphatic rings. The number of carboxylic acids is 1. The molecule has 8 nitrogen and oxygen atoms in total. The molecule has 0 fully saturated rings. The molecule has 1 atom stereocenters. The molecule has 2 rings (SSSR count). The average molecular weight is 409 g/mol. The molecule has 0 saturated carbocycles. The Hall–Kier alpha value is -2.88. The summed E-state index contributed by atoms with van der Waals surface area (Å²) in [6, 6.07) is 5.64. The van der Waals surface area contributed by atoms with Crippen LogP contribution < -0.4 is 15.6 Å². The van der Waals surface area contributed by atoms with Gasteiger partial charge in [0.05, 0.1) is 12.8 Å². The zero-order chi connectivity index (χ0) is 20.7. The number of nitrogens with zero attached hydrogens (tertiary/aromatic N) is 2. The fraction of sp³-hybridized carbons (Fsp3) is 0.333. The minimum atomic E-state index is -1.16. The molecule has 2 aromatic rings. The summed E-state index contributed by atoms with van der Waals surface area (Å²) in [6.45, 7) is -0.479. The summed E-state index contributed by atoms with van der Waals surface area (Å²) in [5.74, 6) is -1.53. The Labute approximate surface area is 164 Å². The molecular weight excluding hydrogens is 389 g/mol. The molecule has 10 heteroatoms. The predicted octanol–water partition coefficient (Wildman–Crippen LogP) is 1.38. The van der Waals surface area contributed by atoms with Crippen LogP contribution in [0.2, 0.25) is 0 Å². The number of aromatic nitrogens is 2. The highest BCUT2D eigenvalue weighted by molar-refractivity contribution is 7.98. The molecular formula is C18H20FN3O5S. The molecule has 0 aliphatic carbocycles. The van der Waals surface area contributed by atoms with E-state index in [1.165, 1.54) is 43.1 Å². The summed E-state index contributed by atoms with van der Waals surface area (Å²) >= 11 is 1.46. The standard InChI is InChI=1S/C18H20FN3O5S/c1-27-11-3-4-12(13(19)9-11)14-5-6-17(24)22(21-14)10-16(23)20-15(18(25)26)7-8-28-2/h3-6,9,15H,7-8,10H2,1-2H3,(H,20,23)(H,25,26). The fourth-order valence-electron chi connectivity index (χ4n) is 2.41. The van der Waals surface area contributed by atoms with Crippen molar-refractivity contribution in [3.8, 4) is 17.0 Å². The van der Waals surface area contributed by atoms with Crippen molar-refractivity contribution in [1.82, 2.24) is 15.1 Å². The SMILES string of the molecule is COc1ccc(-c2ccc(=O)n(CC(=O)NC(CCSC)C(=O)O)n2)c(F)c1. The number of hydrogen-bond donors (Lipinski definition) is 2. The van der Waals surface area contributed by atoms with E-state index in [0.717, 1.165) is 4.68 Å². The third-order valence-corrected chi connectivity index (χ3v) is 4.50. The normalized spacial score (nSPS) is 11.7. The number of halogens is 1. The van der Waals surface area contributed by atoms with Gasteiger partial charge in [-0.2, -0.15) is 16.9 Å². The lowest BCUT2D eigenvalue weighted by Crippen LogP contribution is -2.44. The molecule has 0 saturated heterocycles. The monoisotopic (exact) mass is 409 g/mol. The van der Waals surface area contributed by atoms with E-state index in [1.54, 1.807) is 6.07 Å². The molecule has 0 bridgehead atoms. The van der Waals surface area contributed by atoms with Crippen LogP contribution in [-0.2, 0) is 16.1 Å². The summed E-state index contributed by atoms with van der Waals surface area (Å²) in [6.07, 6.45) is 2.08. The molecule has 0 aliphatic heterocycles. The molecule has 0 spiro atoms. The molecule has 0 radical (unpaired) electrons. The number of nitrogens with one attached hydrogen (secondary N) is 1. The number of amides is 1. The Morgan fingerprint density at radius 2 is 2.11 bits per heavy atom. The number of benzene rings is 1. The van der Waals surface area contributed by atoms with Gasteiger partial charge in [0.25, 0.3) is 5.56 Å². The summed E-state index contributed by atoms with van der Waals surface area (Å²) in [7, 11) is 1.41. The van der Waals surface area contributed by atoms with Crippen LogP contribution in [0.1, 0.15) is 6.42 Å². The van der Waals surface area contributed by atoms with Gasteiger partial charge >= 0.3 is 5.97 Å². The first-order valence-electron chi connectivity index (χ1n) is 8.29. The second kappa shape index (κ2) is 9.88. The molecule has 2 N–H and O–H groups in total. The van der Waals surface area contributed by atoms with Gasteiger partial charge in [-0.25, -0.2) is 13.9 Å². The van der Waals surface area contributed by atoms with Crippen LogP contribution in [0, 0.1) is 5.82 Å². The van der Waals surface area contributed by atoms with Gasteiger partial charge in [-0.05, 0) is 36.6 Å². The van der Waals surface area contributed by atoms with E-state index >= 15 is 0 Å². The van der Waals surface area contributed by atoms with Crippen molar-refractivity contribution < 1.29 is 23.8 Å². The van der Waals surface area contributed by atoms with Crippen LogP contribution >= 0.6 is 11.8 Å². The predicted molar refractivity (Wildman–Crippen MR) is 103 cm³/mol. The number of carboxylic acid groups (broad SMARTS) is 1. The van der Waals surface area contributed by atoms with E-state index in [2.05, 4.69) is 10.4 Å². The maximum Gasteiger partial charge on any atom is 0.326 e. The van der Waals surface area contributed by atoms with Gasteiger partial charge in [-0.3, -0.25) is 9.59 Å². The maximum atomic E-state index is 14.2. The Morgan fingerprint density at radius 3 is 2.71 bits per heavy atom. The van der Waals surface area contributed by atoms with Gasteiger partial charge < -0.3 is 15.2 Å². The van der Waals surface area contributed by atoms with Gasteiger partial charge in [0.15, 0.2) is 0 Å². The zero-order valence-electron chi connectivity index (χ0n) is 15.3. The van der Waals surface area contributed by atoms with Gasteiger partial charge in [-0.15, -0.1) is 0 Å². The van der Waals surface area contributed by atoms with E-state index in [4.69, 9.17) is 4.74 Å². The van der Waals surface area contributed by atoms with E-state index in [0.29, 0.717) is 11.5 Å². The van der Waals surface area contributed by atoms with Crippen molar-refractivity contribution in [1.29, 1.82) is 0 Å². The van der Waals surface area contributed by atoms with E-state index in [1.807, 2.05) is 6.26 Å². The van der Waals surface area contributed by atoms with E-state index < -0.39 is 35.8 Å². The molecule has 150 valence electrons. The summed E-state index contributed by atoms with van der Waals surface area (Å²) in [5, 5.41) is 15.6. The van der Waals surface area contributed by atoms with Gasteiger partial charge in [0.1, 0.15) is 24.2 Å². The molecule has 1 heterocycles. The van der Waals surface area contributed by atoms with Gasteiger partial charge in [-0.1, -0.05) is 0 Å². The molecule has 1 aromatic carbocycles. The zero-order valence-corrected chi connectivity index (χ0v) is 16.2. The van der Waals surface area contributed by atoms with Crippen LogP contribution in [0.5, 0.6) is 5.75 Å². The Morgan fingerprint density at radius 1 is 1.36 bits per heavy atom. The summed E-state index contributed by atoms with van der Waals surface area (Å²) in [5.41, 5.74) is -0.271. The lowest BCUT2D eigenvalue weighted by atomic mass is 10.1. The number of aliphatic carboxylic acids is 1. The number of ether oxygens (including phenoxy) is 1. The Bertz CT molecular complexity index is 918. The number of thioether (sulfide) groups is 1. The van der Waals surface area contributed by atoms with Crippen LogP contribution in [0.4, 0.5) is 4.39 Å². The van der Waals surface area contributed by atoms with Crippen LogP contribution in [0.15, 0.2) is 35.1 Å². The average Bonchev–Trinajstić information content (AvgIpc) is 2.66. The van der Waals surface area contributed by atoms with Crippen molar-refractivity contribution in [3.63, 3.8) is 0 Å². The van der Waals surface area contributed by atoms with Crippen molar-refractivity contribution >= 4 is 23.6 Å². The van der Waals surface area contributed by atoms with E-state index in [9.17, 15) is 23.9 Å². The summed E-state index contributed by atoms with van der Waals surface area (Å²) < 4.78 is 20.1. The molecule has 1 amide bonds. The van der Waals surface area contributed by atoms with Crippen molar-refractivity contribution in [2.75, 3.05) is 19.1 Å². The van der Waals surface area contributed by atoms with Gasteiger partial charge in [0.2, 0.25) is 5.91 Å². The largest absolute Gasteiger partial charge is 0.497 e. The second-order valence-electron chi connectivity index (χ2n) is 5.80. The smallest absolute Gasteiger partial charge is 0.326 e. The lowest BCUT2D eigenvalue weighted by molar-refractivity contribution is -0.142. The summed E-state index contributed by atoms with van der Waals surface area (Å²) in [4.78, 5) is 35.4. The quantitative estimate of drug-likeness (QED) is 0.644. The second-order valence-corrected chi connectivity index (χ2v) is 6.79. The van der Waals surface area contributed by atoms with Crippen molar-refractivity contribution in [2.24, 2.45) is 0 Å². The van der Waals surface area contributed by atoms with Crippen molar-refractivity contribution in [3.05, 3.63) is 46.5 Å². The first-order chi connectivity index (χ1) is 13.3. The molecule has 1 unspecified atom stereocenters. The topological polar surface area (TPSA) is 111 Å². The maximum absolute atomic E-state index is 14.2. The number of rotatable bonds is 9. The highest BCUT2D eigenvalue weighted by atomic mass is 32.2. The number of carbonyl (C=O) groups excluding carboxylic acids is 1. The highest BCUT2D eigenvalue weighted by Gasteiger charge is 2.20. The third-order valence-electron chi connectivity index (χ3n) is 3.86. The van der Waals surface area contributed by atoms with Crippen LogP contribution in [-0.4, -0.2) is 51.9 Å². The molecule has 1 aromatic heterocycles. The van der Waals surface area contributed by atoms with Crippen LogP contribution in [0.25, 0.3) is 11.3 Å². The first-order valence-corrected chi connectivity index (χ1v) is 9.68. The highest BCUT2D eigenvalue weighted by Crippen LogP contribution is 2.23. The third kappa shape index (κ3) is 5.56. The van der Waals surface area contributed by atoms with Crippen LogP contribution in [0.3, 0.4) is 0 Å². The Balaban J connectivity index is 2.20.